The van der Waals surface area contributed by atoms with E-state index in [1.807, 2.05) is 0 Å². The highest BCUT2D eigenvalue weighted by Gasteiger charge is 2.34. The minimum atomic E-state index is -4.55. The Morgan fingerprint density at radius 1 is 1.50 bits per heavy atom. The summed E-state index contributed by atoms with van der Waals surface area (Å²) in [6, 6.07) is 0. The fourth-order valence-electron chi connectivity index (χ4n) is 0.450. The van der Waals surface area contributed by atoms with Crippen molar-refractivity contribution in [2.45, 2.75) is 6.18 Å². The molecule has 0 amide bonds. The van der Waals surface area contributed by atoms with Crippen molar-refractivity contribution in [3.63, 3.8) is 0 Å². The van der Waals surface area contributed by atoms with E-state index in [0.717, 1.165) is 0 Å². The van der Waals surface area contributed by atoms with Crippen molar-refractivity contribution in [1.29, 1.82) is 0 Å². The lowest BCUT2D eigenvalue weighted by Crippen LogP contribution is -2.06. The normalized spacial score (nSPS) is 11.9. The van der Waals surface area contributed by atoms with Gasteiger partial charge in [0.2, 0.25) is 5.82 Å². The fourth-order valence-corrected chi connectivity index (χ4v) is 0.450. The van der Waals surface area contributed by atoms with E-state index in [0.29, 0.717) is 6.20 Å². The van der Waals surface area contributed by atoms with Crippen molar-refractivity contribution >= 4 is 0 Å². The lowest BCUT2D eigenvalue weighted by atomic mass is 10.6. The van der Waals surface area contributed by atoms with Crippen LogP contribution in [0.25, 0.3) is 0 Å². The highest BCUT2D eigenvalue weighted by Crippen LogP contribution is 2.27. The quantitative estimate of drug-likeness (QED) is 0.601. The molecule has 0 saturated carbocycles. The third kappa shape index (κ3) is 1.20. The van der Waals surface area contributed by atoms with Gasteiger partial charge in [-0.3, -0.25) is 5.11 Å². The van der Waals surface area contributed by atoms with Crippen LogP contribution in [-0.4, -0.2) is 9.97 Å². The molecule has 0 unspecified atom stereocenters. The lowest BCUT2D eigenvalue weighted by Gasteiger charge is -1.98. The summed E-state index contributed by atoms with van der Waals surface area (Å²) in [5.41, 5.74) is 0. The summed E-state index contributed by atoms with van der Waals surface area (Å²) in [7, 11) is 0. The number of halogens is 3. The molecule has 6 heteroatoms. The summed E-state index contributed by atoms with van der Waals surface area (Å²) >= 11 is 0. The maximum absolute atomic E-state index is 11.6. The predicted octanol–water partition coefficient (Wildman–Crippen LogP) is 1.57. The minimum Gasteiger partial charge on any atom is -0.337 e. The van der Waals surface area contributed by atoms with Gasteiger partial charge in [-0.1, -0.05) is 0 Å². The van der Waals surface area contributed by atoms with Crippen molar-refractivity contribution < 1.29 is 18.3 Å². The molecule has 0 aromatic carbocycles. The first-order valence-corrected chi connectivity index (χ1v) is 2.30. The number of aromatic amines is 1. The Labute approximate surface area is 53.5 Å². The lowest BCUT2D eigenvalue weighted by molar-refractivity contribution is -0.144. The molecule has 1 heterocycles. The average molecular weight is 151 g/mol. The summed E-state index contributed by atoms with van der Waals surface area (Å²) < 4.78 is 34.7. The molecule has 0 aliphatic carbocycles. The van der Waals surface area contributed by atoms with Crippen LogP contribution in [0.15, 0.2) is 6.20 Å². The summed E-state index contributed by atoms with van der Waals surface area (Å²) in [6.45, 7) is 0. The Morgan fingerprint density at radius 2 is 2.10 bits per heavy atom. The molecule has 55 valence electrons. The van der Waals surface area contributed by atoms with E-state index in [2.05, 4.69) is 4.98 Å². The summed E-state index contributed by atoms with van der Waals surface area (Å²) in [4.78, 5) is 4.34. The number of rotatable bonds is 0. The van der Waals surface area contributed by atoms with Gasteiger partial charge in [0.25, 0.3) is 5.88 Å². The smallest absolute Gasteiger partial charge is 0.337 e. The topological polar surface area (TPSA) is 48.6 Å². The van der Waals surface area contributed by atoms with Gasteiger partial charge in [0.05, 0.1) is 6.20 Å². The first kappa shape index (κ1) is 6.91. The van der Waals surface area contributed by atoms with Crippen LogP contribution in [0, 0.1) is 0 Å². The van der Waals surface area contributed by atoms with Gasteiger partial charge in [0.1, 0.15) is 0 Å². The SMILES string of the molecule is [O]c1c[nH]c(C(F)(F)F)n1. The van der Waals surface area contributed by atoms with E-state index in [9.17, 15) is 18.3 Å². The van der Waals surface area contributed by atoms with Gasteiger partial charge in [0.15, 0.2) is 0 Å². The molecule has 1 N–H and O–H groups in total. The van der Waals surface area contributed by atoms with Crippen molar-refractivity contribution in [1.82, 2.24) is 9.97 Å². The van der Waals surface area contributed by atoms with E-state index < -0.39 is 17.9 Å². The van der Waals surface area contributed by atoms with Gasteiger partial charge < -0.3 is 4.98 Å². The minimum absolute atomic E-state index is 0.656. The van der Waals surface area contributed by atoms with Crippen LogP contribution in [-0.2, 0) is 11.3 Å². The third-order valence-corrected chi connectivity index (χ3v) is 0.823. The number of aromatic nitrogens is 2. The van der Waals surface area contributed by atoms with Crippen molar-refractivity contribution in [3.8, 4) is 5.88 Å². The molecule has 0 saturated heterocycles. The number of alkyl halides is 3. The van der Waals surface area contributed by atoms with Crippen LogP contribution < -0.4 is 0 Å². The van der Waals surface area contributed by atoms with Crippen molar-refractivity contribution in [2.24, 2.45) is 0 Å². The number of imidazole rings is 1. The van der Waals surface area contributed by atoms with Crippen LogP contribution in [0.4, 0.5) is 13.2 Å². The number of H-pyrrole nitrogens is 1. The van der Waals surface area contributed by atoms with E-state index in [4.69, 9.17) is 0 Å². The van der Waals surface area contributed by atoms with E-state index in [1.165, 1.54) is 0 Å². The Morgan fingerprint density at radius 3 is 2.30 bits per heavy atom. The van der Waals surface area contributed by atoms with Crippen molar-refractivity contribution in [2.75, 3.05) is 0 Å². The Bertz CT molecular complexity index is 229. The Kier molecular flexibility index (Phi) is 1.31. The number of nitrogens with one attached hydrogen (secondary N) is 1. The van der Waals surface area contributed by atoms with Crippen LogP contribution in [0.1, 0.15) is 5.82 Å². The molecule has 0 spiro atoms. The standard InChI is InChI=1S/C4H2F3N2O/c5-4(6,7)3-8-1-2(10)9-3/h1H,(H,8,9). The predicted molar refractivity (Wildman–Crippen MR) is 23.7 cm³/mol. The molecular formula is C4H2F3N2O. The maximum atomic E-state index is 11.6. The number of hydrogen-bond acceptors (Lipinski definition) is 1. The second kappa shape index (κ2) is 1.89. The van der Waals surface area contributed by atoms with Gasteiger partial charge >= 0.3 is 6.18 Å². The highest BCUT2D eigenvalue weighted by molar-refractivity contribution is 5.06. The van der Waals surface area contributed by atoms with Gasteiger partial charge in [-0.2, -0.15) is 18.2 Å². The molecule has 10 heavy (non-hydrogen) atoms. The zero-order valence-electron chi connectivity index (χ0n) is 4.57. The zero-order chi connectivity index (χ0) is 7.78. The van der Waals surface area contributed by atoms with Gasteiger partial charge in [-0.15, -0.1) is 0 Å². The fraction of sp³-hybridized carbons (Fsp3) is 0.250. The average Bonchev–Trinajstić information content (AvgIpc) is 2.11. The molecule has 0 fully saturated rings. The van der Waals surface area contributed by atoms with E-state index in [1.54, 1.807) is 4.98 Å². The van der Waals surface area contributed by atoms with Gasteiger partial charge in [-0.05, 0) is 0 Å². The van der Waals surface area contributed by atoms with Gasteiger partial charge in [-0.25, -0.2) is 0 Å². The third-order valence-electron chi connectivity index (χ3n) is 0.823. The Hall–Kier alpha value is -1.20. The molecule has 1 aromatic rings. The molecule has 1 radical (unpaired) electrons. The molecule has 0 atom stereocenters. The number of hydrogen-bond donors (Lipinski definition) is 1. The largest absolute Gasteiger partial charge is 0.449 e. The molecule has 0 aliphatic heterocycles. The van der Waals surface area contributed by atoms with Crippen LogP contribution >= 0.6 is 0 Å². The molecule has 1 aromatic heterocycles. The monoisotopic (exact) mass is 151 g/mol. The molecule has 1 rings (SSSR count). The highest BCUT2D eigenvalue weighted by atomic mass is 19.4. The molecule has 0 aliphatic rings. The van der Waals surface area contributed by atoms with Gasteiger partial charge in [0, 0.05) is 0 Å². The second-order valence-corrected chi connectivity index (χ2v) is 1.59. The summed E-state index contributed by atoms with van der Waals surface area (Å²) in [5.74, 6) is -2.16. The molecule has 0 bridgehead atoms. The second-order valence-electron chi connectivity index (χ2n) is 1.59. The maximum Gasteiger partial charge on any atom is 0.449 e. The van der Waals surface area contributed by atoms with Crippen LogP contribution in [0.3, 0.4) is 0 Å². The molecule has 3 nitrogen and oxygen atoms in total. The van der Waals surface area contributed by atoms with E-state index >= 15 is 0 Å². The first-order chi connectivity index (χ1) is 4.50. The summed E-state index contributed by atoms with van der Waals surface area (Å²) in [6.07, 6.45) is -3.90. The Balaban J connectivity index is 2.96. The molecular weight excluding hydrogens is 149 g/mol. The van der Waals surface area contributed by atoms with Crippen LogP contribution in [0.5, 0.6) is 5.88 Å². The zero-order valence-corrected chi connectivity index (χ0v) is 4.57. The van der Waals surface area contributed by atoms with Crippen LogP contribution in [0.2, 0.25) is 0 Å². The van der Waals surface area contributed by atoms with Crippen molar-refractivity contribution in [3.05, 3.63) is 12.0 Å². The van der Waals surface area contributed by atoms with E-state index in [-0.39, 0.29) is 0 Å². The summed E-state index contributed by atoms with van der Waals surface area (Å²) in [5, 5.41) is 10.1. The first-order valence-electron chi connectivity index (χ1n) is 2.30. The number of nitrogens with zero attached hydrogens (tertiary/aromatic N) is 1.